The minimum Gasteiger partial charge on any atom is -0.492 e. The van der Waals surface area contributed by atoms with Crippen molar-refractivity contribution in [3.63, 3.8) is 0 Å². The number of hydrogen-bond acceptors (Lipinski definition) is 7. The molecular weight excluding hydrogens is 639 g/mol. The third kappa shape index (κ3) is 6.30. The van der Waals surface area contributed by atoms with Crippen LogP contribution in [-0.2, 0) is 30.7 Å². The van der Waals surface area contributed by atoms with Crippen molar-refractivity contribution in [1.29, 1.82) is 0 Å². The normalized spacial score (nSPS) is 15.4. The molecule has 4 heterocycles. The summed E-state index contributed by atoms with van der Waals surface area (Å²) in [6.07, 6.45) is 1.46. The number of pyridine rings is 1. The van der Waals surface area contributed by atoms with Crippen LogP contribution in [-0.4, -0.2) is 51.5 Å². The highest BCUT2D eigenvalue weighted by atomic mass is 35.5. The number of hydrogen-bond donors (Lipinski definition) is 1. The SMILES string of the molecule is O=C(O)c1ccc2nc(Cc3c(F)cc(-c4cccc(OCc5ccc(Cl)cc5OC(F)F)n4)c4c3CCO4)n(C[C@@H]3CCO3)c2c1. The molecule has 242 valence electrons. The molecule has 1 fully saturated rings. The highest BCUT2D eigenvalue weighted by Crippen LogP contribution is 2.41. The van der Waals surface area contributed by atoms with Crippen LogP contribution in [0, 0.1) is 5.82 Å². The zero-order valence-corrected chi connectivity index (χ0v) is 25.5. The quantitative estimate of drug-likeness (QED) is 0.160. The van der Waals surface area contributed by atoms with Crippen LogP contribution in [0.4, 0.5) is 13.2 Å². The van der Waals surface area contributed by atoms with Crippen LogP contribution in [0.15, 0.2) is 60.7 Å². The van der Waals surface area contributed by atoms with E-state index in [1.54, 1.807) is 30.3 Å². The zero-order chi connectivity index (χ0) is 32.7. The molecule has 0 unspecified atom stereocenters. The summed E-state index contributed by atoms with van der Waals surface area (Å²) in [5.41, 5.74) is 3.73. The Hall–Kier alpha value is -4.81. The van der Waals surface area contributed by atoms with Gasteiger partial charge in [0.2, 0.25) is 5.88 Å². The Balaban J connectivity index is 1.19. The summed E-state index contributed by atoms with van der Waals surface area (Å²) in [5.74, 6) is -0.333. The number of nitrogens with zero attached hydrogens (tertiary/aromatic N) is 3. The van der Waals surface area contributed by atoms with E-state index < -0.39 is 18.4 Å². The van der Waals surface area contributed by atoms with Crippen molar-refractivity contribution in [2.24, 2.45) is 0 Å². The number of aromatic nitrogens is 3. The molecule has 0 bridgehead atoms. The van der Waals surface area contributed by atoms with E-state index in [4.69, 9.17) is 30.8 Å². The first-order chi connectivity index (χ1) is 22.7. The number of halogens is 4. The number of alkyl halides is 2. The third-order valence-electron chi connectivity index (χ3n) is 8.25. The van der Waals surface area contributed by atoms with Crippen LogP contribution < -0.4 is 14.2 Å². The molecule has 0 saturated carbocycles. The molecule has 0 radical (unpaired) electrons. The molecule has 1 atom stereocenters. The Morgan fingerprint density at radius 2 is 1.96 bits per heavy atom. The molecule has 47 heavy (non-hydrogen) atoms. The molecule has 0 amide bonds. The van der Waals surface area contributed by atoms with Crippen LogP contribution in [0.3, 0.4) is 0 Å². The summed E-state index contributed by atoms with van der Waals surface area (Å²) in [7, 11) is 0. The van der Waals surface area contributed by atoms with Gasteiger partial charge in [0.1, 0.15) is 29.7 Å². The number of fused-ring (bicyclic) bond motifs is 2. The van der Waals surface area contributed by atoms with E-state index in [1.807, 2.05) is 4.57 Å². The van der Waals surface area contributed by atoms with Crippen LogP contribution >= 0.6 is 11.6 Å². The smallest absolute Gasteiger partial charge is 0.387 e. The standard InChI is InChI=1S/C34H27ClF3N3O6/c35-20-6-4-19(29(13-20)47-34(37)38)17-46-31-3-1-2-26(40-31)24-14-25(36)23(22-9-11-45-32(22)24)15-30-39-27-7-5-18(33(42)43)12-28(27)41(30)16-21-8-10-44-21/h1-7,12-14,21,34H,8-11,15-17H2,(H,42,43)/t21-/m0/s1. The van der Waals surface area contributed by atoms with Gasteiger partial charge in [-0.2, -0.15) is 8.78 Å². The molecule has 1 N–H and O–H groups in total. The Bertz CT molecular complexity index is 2000. The summed E-state index contributed by atoms with van der Waals surface area (Å²) in [5, 5.41) is 9.80. The van der Waals surface area contributed by atoms with Gasteiger partial charge in [0.25, 0.3) is 0 Å². The van der Waals surface area contributed by atoms with Crippen LogP contribution in [0.2, 0.25) is 5.02 Å². The van der Waals surface area contributed by atoms with Crippen molar-refractivity contribution >= 4 is 28.6 Å². The van der Waals surface area contributed by atoms with Gasteiger partial charge in [0.15, 0.2) is 0 Å². The van der Waals surface area contributed by atoms with E-state index in [-0.39, 0.29) is 41.3 Å². The second-order valence-electron chi connectivity index (χ2n) is 11.2. The van der Waals surface area contributed by atoms with Gasteiger partial charge in [-0.15, -0.1) is 0 Å². The first kappa shape index (κ1) is 30.8. The average molecular weight is 666 g/mol. The molecule has 2 aliphatic heterocycles. The van der Waals surface area contributed by atoms with Crippen molar-refractivity contribution in [1.82, 2.24) is 14.5 Å². The molecule has 2 aromatic heterocycles. The first-order valence-electron chi connectivity index (χ1n) is 14.9. The molecule has 3 aromatic carbocycles. The van der Waals surface area contributed by atoms with Gasteiger partial charge in [0.05, 0.1) is 41.5 Å². The van der Waals surface area contributed by atoms with Crippen molar-refractivity contribution in [3.8, 4) is 28.6 Å². The summed E-state index contributed by atoms with van der Waals surface area (Å²) in [6, 6.07) is 15.5. The summed E-state index contributed by atoms with van der Waals surface area (Å²) >= 11 is 5.94. The van der Waals surface area contributed by atoms with E-state index in [0.29, 0.717) is 76.7 Å². The number of carboxylic acid groups (broad SMARTS) is 1. The molecule has 9 nitrogen and oxygen atoms in total. The Labute approximate surface area is 271 Å². The van der Waals surface area contributed by atoms with Crippen LogP contribution in [0.5, 0.6) is 17.4 Å². The summed E-state index contributed by atoms with van der Waals surface area (Å²) in [4.78, 5) is 21.0. The van der Waals surface area contributed by atoms with Gasteiger partial charge >= 0.3 is 12.6 Å². The lowest BCUT2D eigenvalue weighted by molar-refractivity contribution is -0.0589. The van der Waals surface area contributed by atoms with Crippen LogP contribution in [0.25, 0.3) is 22.3 Å². The zero-order valence-electron chi connectivity index (χ0n) is 24.7. The fourth-order valence-corrected chi connectivity index (χ4v) is 6.04. The fraction of sp³-hybridized carbons (Fsp3) is 0.265. The van der Waals surface area contributed by atoms with Gasteiger partial charge in [0, 0.05) is 52.8 Å². The first-order valence-corrected chi connectivity index (χ1v) is 15.3. The van der Waals surface area contributed by atoms with Gasteiger partial charge in [-0.1, -0.05) is 23.7 Å². The third-order valence-corrected chi connectivity index (χ3v) is 8.48. The maximum Gasteiger partial charge on any atom is 0.387 e. The van der Waals surface area contributed by atoms with Gasteiger partial charge in [-0.05, 0) is 48.9 Å². The van der Waals surface area contributed by atoms with Crippen LogP contribution in [0.1, 0.15) is 39.3 Å². The van der Waals surface area contributed by atoms with E-state index >= 15 is 4.39 Å². The minimum atomic E-state index is -3.03. The van der Waals surface area contributed by atoms with Crippen molar-refractivity contribution in [2.45, 2.75) is 45.1 Å². The lowest BCUT2D eigenvalue weighted by Crippen LogP contribution is -2.31. The van der Waals surface area contributed by atoms with Crippen molar-refractivity contribution in [2.75, 3.05) is 13.2 Å². The van der Waals surface area contributed by atoms with Crippen molar-refractivity contribution < 1.29 is 42.0 Å². The Kier molecular flexibility index (Phi) is 8.37. The summed E-state index contributed by atoms with van der Waals surface area (Å²) < 4.78 is 65.9. The van der Waals surface area contributed by atoms with Crippen molar-refractivity contribution in [3.05, 3.63) is 99.6 Å². The molecule has 13 heteroatoms. The largest absolute Gasteiger partial charge is 0.492 e. The number of rotatable bonds is 11. The van der Waals surface area contributed by atoms with Gasteiger partial charge in [-0.25, -0.2) is 19.2 Å². The van der Waals surface area contributed by atoms with E-state index in [9.17, 15) is 18.7 Å². The van der Waals surface area contributed by atoms with E-state index in [0.717, 1.165) is 6.42 Å². The molecule has 2 aliphatic rings. The number of aromatic carboxylic acids is 1. The number of ether oxygens (including phenoxy) is 4. The fourth-order valence-electron chi connectivity index (χ4n) is 5.87. The second kappa shape index (κ2) is 12.8. The molecule has 1 saturated heterocycles. The minimum absolute atomic E-state index is 0.0374. The number of carboxylic acids is 1. The Morgan fingerprint density at radius 3 is 2.72 bits per heavy atom. The maximum absolute atomic E-state index is 16.1. The van der Waals surface area contributed by atoms with Gasteiger partial charge in [-0.3, -0.25) is 0 Å². The van der Waals surface area contributed by atoms with E-state index in [2.05, 4.69) is 9.72 Å². The molecule has 0 spiro atoms. The number of carbonyl (C=O) groups is 1. The second-order valence-corrected chi connectivity index (χ2v) is 11.6. The lowest BCUT2D eigenvalue weighted by atomic mass is 9.96. The highest BCUT2D eigenvalue weighted by molar-refractivity contribution is 6.30. The number of benzene rings is 3. The van der Waals surface area contributed by atoms with E-state index in [1.165, 1.54) is 30.3 Å². The molecule has 7 rings (SSSR count). The molecular formula is C34H27ClF3N3O6. The number of imidazole rings is 1. The predicted octanol–water partition coefficient (Wildman–Crippen LogP) is 7.08. The van der Waals surface area contributed by atoms with Gasteiger partial charge < -0.3 is 28.6 Å². The average Bonchev–Trinajstić information content (AvgIpc) is 3.64. The highest BCUT2D eigenvalue weighted by Gasteiger charge is 2.28. The lowest BCUT2D eigenvalue weighted by Gasteiger charge is -2.27. The Morgan fingerprint density at radius 1 is 1.11 bits per heavy atom. The monoisotopic (exact) mass is 665 g/mol. The molecule has 5 aromatic rings. The summed E-state index contributed by atoms with van der Waals surface area (Å²) in [6.45, 7) is -1.68. The predicted molar refractivity (Wildman–Crippen MR) is 165 cm³/mol. The topological polar surface area (TPSA) is 105 Å². The molecule has 0 aliphatic carbocycles. The maximum atomic E-state index is 16.1.